The maximum Gasteiger partial charge on any atom is 0.260 e. The number of methoxy groups -OCH3 is 1. The number of amides is 1. The second-order valence-corrected chi connectivity index (χ2v) is 12.6. The van der Waals surface area contributed by atoms with Crippen LogP contribution >= 0.6 is 11.3 Å². The molecule has 0 radical (unpaired) electrons. The molecular weight excluding hydrogens is 520 g/mol. The number of nitrogens with zero attached hydrogens (tertiary/aromatic N) is 4. The Balaban J connectivity index is 1.49. The Kier molecular flexibility index (Phi) is 7.47. The van der Waals surface area contributed by atoms with Crippen molar-refractivity contribution < 1.29 is 17.9 Å². The zero-order valence-electron chi connectivity index (χ0n) is 21.6. The molecule has 3 heterocycles. The fourth-order valence-corrected chi connectivity index (χ4v) is 7.37. The van der Waals surface area contributed by atoms with Crippen LogP contribution in [0, 0.1) is 12.8 Å². The number of hydrogen-bond donors (Lipinski definition) is 0. The van der Waals surface area contributed by atoms with Gasteiger partial charge in [0.25, 0.3) is 5.91 Å². The number of pyridine rings is 1. The highest BCUT2D eigenvalue weighted by molar-refractivity contribution is 7.89. The molecule has 8 nitrogen and oxygen atoms in total. The van der Waals surface area contributed by atoms with Crippen molar-refractivity contribution >= 4 is 42.6 Å². The van der Waals surface area contributed by atoms with Crippen LogP contribution in [0.2, 0.25) is 0 Å². The molecule has 10 heteroatoms. The Hall–Kier alpha value is -3.34. The predicted octanol–water partition coefficient (Wildman–Crippen LogP) is 5.28. The standard InChI is InChI=1S/C28H30N4O4S2/c1-19-6-5-15-31(17-19)38(34,35)23-11-9-22(10-12-23)27(33)32(18-21-7-4-14-29-16-21)28-30-25-24(36-3)13-8-20(2)26(25)37-28/h4,7-14,16,19H,5-6,15,17-18H2,1-3H3. The molecule has 1 fully saturated rings. The molecule has 0 N–H and O–H groups in total. The lowest BCUT2D eigenvalue weighted by atomic mass is 10.0. The molecule has 198 valence electrons. The minimum absolute atomic E-state index is 0.197. The Morgan fingerprint density at radius 2 is 1.97 bits per heavy atom. The summed E-state index contributed by atoms with van der Waals surface area (Å²) in [7, 11) is -2.01. The van der Waals surface area contributed by atoms with Gasteiger partial charge in [0.05, 0.1) is 23.2 Å². The minimum Gasteiger partial charge on any atom is -0.494 e. The number of piperidine rings is 1. The first-order valence-corrected chi connectivity index (χ1v) is 14.8. The third-order valence-corrected chi connectivity index (χ3v) is 9.90. The fourth-order valence-electron chi connectivity index (χ4n) is 4.72. The number of thiazole rings is 1. The number of aromatic nitrogens is 2. The second kappa shape index (κ2) is 10.8. The van der Waals surface area contributed by atoms with E-state index in [1.807, 2.05) is 31.2 Å². The Morgan fingerprint density at radius 1 is 1.18 bits per heavy atom. The zero-order valence-corrected chi connectivity index (χ0v) is 23.3. The highest BCUT2D eigenvalue weighted by Gasteiger charge is 2.29. The molecule has 1 aliphatic heterocycles. The van der Waals surface area contributed by atoms with E-state index in [9.17, 15) is 13.2 Å². The smallest absolute Gasteiger partial charge is 0.260 e. The van der Waals surface area contributed by atoms with Crippen LogP contribution in [0.15, 0.2) is 65.8 Å². The number of carbonyl (C=O) groups is 1. The first-order valence-electron chi connectivity index (χ1n) is 12.5. The van der Waals surface area contributed by atoms with Gasteiger partial charge in [0.15, 0.2) is 5.13 Å². The first kappa shape index (κ1) is 26.3. The van der Waals surface area contributed by atoms with Gasteiger partial charge in [0, 0.05) is 31.0 Å². The molecule has 1 atom stereocenters. The van der Waals surface area contributed by atoms with Crippen molar-refractivity contribution in [3.8, 4) is 5.75 Å². The van der Waals surface area contributed by atoms with Crippen molar-refractivity contribution in [3.63, 3.8) is 0 Å². The molecule has 0 saturated carbocycles. The molecule has 1 unspecified atom stereocenters. The minimum atomic E-state index is -3.61. The number of sulfonamides is 1. The van der Waals surface area contributed by atoms with E-state index in [1.165, 1.54) is 23.5 Å². The third-order valence-electron chi connectivity index (χ3n) is 6.81. The summed E-state index contributed by atoms with van der Waals surface area (Å²) in [6.45, 7) is 5.37. The predicted molar refractivity (Wildman–Crippen MR) is 149 cm³/mol. The van der Waals surface area contributed by atoms with Crippen LogP contribution in [0.5, 0.6) is 5.75 Å². The van der Waals surface area contributed by atoms with Gasteiger partial charge in [-0.15, -0.1) is 0 Å². The molecule has 38 heavy (non-hydrogen) atoms. The van der Waals surface area contributed by atoms with Crippen molar-refractivity contribution in [2.45, 2.75) is 38.1 Å². The van der Waals surface area contributed by atoms with Crippen molar-refractivity contribution in [1.82, 2.24) is 14.3 Å². The molecule has 0 aliphatic carbocycles. The van der Waals surface area contributed by atoms with Gasteiger partial charge in [-0.3, -0.25) is 14.7 Å². The lowest BCUT2D eigenvalue weighted by Crippen LogP contribution is -2.39. The summed E-state index contributed by atoms with van der Waals surface area (Å²) in [5.41, 5.74) is 2.97. The van der Waals surface area contributed by atoms with Crippen LogP contribution < -0.4 is 9.64 Å². The third kappa shape index (κ3) is 5.16. The Labute approximate surface area is 227 Å². The summed E-state index contributed by atoms with van der Waals surface area (Å²) in [4.78, 5) is 24.6. The van der Waals surface area contributed by atoms with E-state index in [2.05, 4.69) is 11.9 Å². The normalized spacial score (nSPS) is 16.4. The van der Waals surface area contributed by atoms with Crippen molar-refractivity contribution in [2.75, 3.05) is 25.1 Å². The lowest BCUT2D eigenvalue weighted by Gasteiger charge is -2.30. The molecule has 1 aliphatic rings. The number of hydrogen-bond acceptors (Lipinski definition) is 7. The molecule has 1 amide bonds. The van der Waals surface area contributed by atoms with Gasteiger partial charge < -0.3 is 4.74 Å². The molecule has 2 aromatic carbocycles. The fraction of sp³-hybridized carbons (Fsp3) is 0.321. The monoisotopic (exact) mass is 550 g/mol. The van der Waals surface area contributed by atoms with Gasteiger partial charge in [-0.2, -0.15) is 4.31 Å². The maximum atomic E-state index is 13.9. The molecular formula is C28H30N4O4S2. The second-order valence-electron chi connectivity index (χ2n) is 9.65. The van der Waals surface area contributed by atoms with Gasteiger partial charge in [-0.1, -0.05) is 30.4 Å². The highest BCUT2D eigenvalue weighted by atomic mass is 32.2. The number of carbonyl (C=O) groups excluding carboxylic acids is 1. The van der Waals surface area contributed by atoms with Gasteiger partial charge in [0.2, 0.25) is 10.0 Å². The number of aryl methyl sites for hydroxylation is 1. The number of anilines is 1. The van der Waals surface area contributed by atoms with Crippen LogP contribution in [0.3, 0.4) is 0 Å². The molecule has 5 rings (SSSR count). The SMILES string of the molecule is COc1ccc(C)c2sc(N(Cc3cccnc3)C(=O)c3ccc(S(=O)(=O)N4CCCC(C)C4)cc3)nc12. The summed E-state index contributed by atoms with van der Waals surface area (Å²) in [5, 5.41) is 0.528. The lowest BCUT2D eigenvalue weighted by molar-refractivity contribution is 0.0985. The van der Waals surface area contributed by atoms with Crippen LogP contribution in [-0.4, -0.2) is 48.8 Å². The quantitative estimate of drug-likeness (QED) is 0.311. The summed E-state index contributed by atoms with van der Waals surface area (Å²) in [6, 6.07) is 13.8. The Morgan fingerprint density at radius 3 is 2.66 bits per heavy atom. The topological polar surface area (TPSA) is 92.7 Å². The van der Waals surface area contributed by atoms with Crippen LogP contribution in [0.1, 0.15) is 41.3 Å². The van der Waals surface area contributed by atoms with Gasteiger partial charge in [-0.05, 0) is 73.2 Å². The first-order chi connectivity index (χ1) is 18.3. The van der Waals surface area contributed by atoms with Gasteiger partial charge >= 0.3 is 0 Å². The molecule has 0 bridgehead atoms. The largest absolute Gasteiger partial charge is 0.494 e. The highest BCUT2D eigenvalue weighted by Crippen LogP contribution is 2.37. The average Bonchev–Trinajstić information content (AvgIpc) is 3.38. The van der Waals surface area contributed by atoms with Crippen molar-refractivity contribution in [2.24, 2.45) is 5.92 Å². The molecule has 2 aromatic heterocycles. The van der Waals surface area contributed by atoms with Crippen LogP contribution in [-0.2, 0) is 16.6 Å². The van der Waals surface area contributed by atoms with E-state index in [0.29, 0.717) is 41.0 Å². The van der Waals surface area contributed by atoms with E-state index in [4.69, 9.17) is 9.72 Å². The summed E-state index contributed by atoms with van der Waals surface area (Å²) >= 11 is 1.42. The maximum absolute atomic E-state index is 13.9. The summed E-state index contributed by atoms with van der Waals surface area (Å²) in [6.07, 6.45) is 5.29. The van der Waals surface area contributed by atoms with E-state index in [-0.39, 0.29) is 17.3 Å². The van der Waals surface area contributed by atoms with Gasteiger partial charge in [-0.25, -0.2) is 13.4 Å². The van der Waals surface area contributed by atoms with E-state index < -0.39 is 10.0 Å². The van der Waals surface area contributed by atoms with E-state index >= 15 is 0 Å². The number of rotatable bonds is 7. The van der Waals surface area contributed by atoms with Gasteiger partial charge in [0.1, 0.15) is 11.3 Å². The average molecular weight is 551 g/mol. The van der Waals surface area contributed by atoms with E-state index in [0.717, 1.165) is 28.7 Å². The van der Waals surface area contributed by atoms with Crippen LogP contribution in [0.4, 0.5) is 5.13 Å². The number of ether oxygens (including phenoxy) is 1. The number of benzene rings is 2. The van der Waals surface area contributed by atoms with Crippen molar-refractivity contribution in [3.05, 3.63) is 77.6 Å². The van der Waals surface area contributed by atoms with Crippen LogP contribution in [0.25, 0.3) is 10.2 Å². The zero-order chi connectivity index (χ0) is 26.9. The molecule has 4 aromatic rings. The molecule has 1 saturated heterocycles. The van der Waals surface area contributed by atoms with Crippen molar-refractivity contribution in [1.29, 1.82) is 0 Å². The number of fused-ring (bicyclic) bond motifs is 1. The molecule has 0 spiro atoms. The summed E-state index contributed by atoms with van der Waals surface area (Å²) < 4.78 is 34.4. The van der Waals surface area contributed by atoms with E-state index in [1.54, 1.807) is 40.8 Å². The Bertz CT molecular complexity index is 1550. The summed E-state index contributed by atoms with van der Waals surface area (Å²) in [5.74, 6) is 0.694.